The lowest BCUT2D eigenvalue weighted by Crippen LogP contribution is -2.52. The van der Waals surface area contributed by atoms with E-state index in [9.17, 15) is 18.8 Å². The van der Waals surface area contributed by atoms with Gasteiger partial charge in [0.05, 0.1) is 11.5 Å². The van der Waals surface area contributed by atoms with Gasteiger partial charge < -0.3 is 20.4 Å². The van der Waals surface area contributed by atoms with Crippen molar-refractivity contribution in [1.82, 2.24) is 15.1 Å². The van der Waals surface area contributed by atoms with Crippen LogP contribution in [0.4, 0.5) is 10.1 Å². The van der Waals surface area contributed by atoms with Gasteiger partial charge in [-0.2, -0.15) is 0 Å². The van der Waals surface area contributed by atoms with Crippen molar-refractivity contribution in [1.29, 1.82) is 0 Å². The number of carbonyl (C=O) groups is 3. The Morgan fingerprint density at radius 3 is 2.59 bits per heavy atom. The average molecular weight is 425 g/mol. The Morgan fingerprint density at radius 1 is 1.07 bits per heavy atom. The summed E-state index contributed by atoms with van der Waals surface area (Å²) in [4.78, 5) is 40.7. The fourth-order valence-corrected chi connectivity index (χ4v) is 4.24. The summed E-state index contributed by atoms with van der Waals surface area (Å²) in [5.41, 5.74) is 1.23. The van der Waals surface area contributed by atoms with Crippen LogP contribution in [0, 0.1) is 11.7 Å². The third-order valence-corrected chi connectivity index (χ3v) is 5.81. The third kappa shape index (κ3) is 4.53. The van der Waals surface area contributed by atoms with E-state index < -0.39 is 5.82 Å². The molecule has 3 amide bonds. The van der Waals surface area contributed by atoms with Gasteiger partial charge in [-0.05, 0) is 37.0 Å². The lowest BCUT2D eigenvalue weighted by atomic mass is 9.94. The molecule has 0 bridgehead atoms. The van der Waals surface area contributed by atoms with Crippen LogP contribution in [0.2, 0.25) is 0 Å². The van der Waals surface area contributed by atoms with Gasteiger partial charge in [-0.1, -0.05) is 0 Å². The highest BCUT2D eigenvalue weighted by Gasteiger charge is 2.33. The first-order chi connectivity index (χ1) is 13.5. The van der Waals surface area contributed by atoms with Crippen molar-refractivity contribution in [3.05, 3.63) is 29.1 Å². The summed E-state index contributed by atoms with van der Waals surface area (Å²) in [6, 6.07) is 2.78. The third-order valence-electron chi connectivity index (χ3n) is 5.81. The highest BCUT2D eigenvalue weighted by atomic mass is 35.5. The molecule has 4 rings (SSSR count). The number of hydrogen-bond acceptors (Lipinski definition) is 4. The number of anilines is 1. The van der Waals surface area contributed by atoms with Crippen molar-refractivity contribution >= 4 is 35.8 Å². The number of carbonyl (C=O) groups excluding carboxylic acids is 3. The monoisotopic (exact) mass is 424 g/mol. The molecule has 1 atom stereocenters. The largest absolute Gasteiger partial charge is 0.340 e. The molecule has 0 aromatic heterocycles. The maximum absolute atomic E-state index is 14.6. The van der Waals surface area contributed by atoms with E-state index in [1.807, 2.05) is 4.90 Å². The molecule has 1 aromatic rings. The van der Waals surface area contributed by atoms with Crippen LogP contribution < -0.4 is 10.6 Å². The summed E-state index contributed by atoms with van der Waals surface area (Å²) in [6.07, 6.45) is 2.31. The van der Waals surface area contributed by atoms with E-state index in [0.29, 0.717) is 44.7 Å². The number of halogens is 2. The topological polar surface area (TPSA) is 81.8 Å². The van der Waals surface area contributed by atoms with Gasteiger partial charge in [-0.25, -0.2) is 4.39 Å². The number of benzene rings is 1. The van der Waals surface area contributed by atoms with E-state index in [2.05, 4.69) is 10.6 Å². The maximum atomic E-state index is 14.6. The van der Waals surface area contributed by atoms with Crippen molar-refractivity contribution < 1.29 is 18.8 Å². The minimum Gasteiger partial charge on any atom is -0.340 e. The van der Waals surface area contributed by atoms with E-state index in [4.69, 9.17) is 0 Å². The number of fused-ring (bicyclic) bond motifs is 1. The number of amides is 3. The fraction of sp³-hybridized carbons (Fsp3) is 0.550. The second kappa shape index (κ2) is 9.09. The highest BCUT2D eigenvalue weighted by molar-refractivity contribution is 5.98. The predicted molar refractivity (Wildman–Crippen MR) is 109 cm³/mol. The number of piperazine rings is 1. The average Bonchev–Trinajstić information content (AvgIpc) is 2.73. The molecule has 3 aliphatic rings. The fourth-order valence-electron chi connectivity index (χ4n) is 4.24. The summed E-state index contributed by atoms with van der Waals surface area (Å²) in [7, 11) is 0. The SMILES string of the molecule is Cl.O=C1CCc2cc(C(=O)N3CCCC(C(=O)N4CCNCC4)C3)c(F)cc2N1. The van der Waals surface area contributed by atoms with Crippen LogP contribution in [0.3, 0.4) is 0 Å². The van der Waals surface area contributed by atoms with Crippen molar-refractivity contribution in [2.75, 3.05) is 44.6 Å². The standard InChI is InChI=1S/C20H25FN4O3.ClH/c21-16-11-17-13(3-4-18(26)23-17)10-15(16)20(28)25-7-1-2-14(12-25)19(27)24-8-5-22-6-9-24;/h10-11,14,22H,1-9,12H2,(H,23,26);1H. The number of aryl methyl sites for hydroxylation is 1. The van der Waals surface area contributed by atoms with Crippen molar-refractivity contribution in [2.24, 2.45) is 5.92 Å². The van der Waals surface area contributed by atoms with Gasteiger partial charge in [0, 0.05) is 51.4 Å². The first-order valence-electron chi connectivity index (χ1n) is 9.94. The molecule has 158 valence electrons. The van der Waals surface area contributed by atoms with E-state index in [-0.39, 0.29) is 41.6 Å². The number of hydrogen-bond donors (Lipinski definition) is 2. The van der Waals surface area contributed by atoms with Gasteiger partial charge in [-0.15, -0.1) is 12.4 Å². The molecule has 0 saturated carbocycles. The Hall–Kier alpha value is -2.19. The van der Waals surface area contributed by atoms with Gasteiger partial charge in [0.2, 0.25) is 11.8 Å². The molecular formula is C20H26ClFN4O3. The molecule has 9 heteroatoms. The molecule has 2 fully saturated rings. The molecule has 0 aliphatic carbocycles. The molecular weight excluding hydrogens is 399 g/mol. The van der Waals surface area contributed by atoms with Crippen LogP contribution in [0.1, 0.15) is 35.2 Å². The summed E-state index contributed by atoms with van der Waals surface area (Å²) in [6.45, 7) is 3.81. The van der Waals surface area contributed by atoms with E-state index in [1.54, 1.807) is 11.0 Å². The van der Waals surface area contributed by atoms with Gasteiger partial charge in [0.1, 0.15) is 5.82 Å². The number of rotatable bonds is 2. The summed E-state index contributed by atoms with van der Waals surface area (Å²) in [5.74, 6) is -1.30. The molecule has 3 heterocycles. The van der Waals surface area contributed by atoms with E-state index in [0.717, 1.165) is 31.5 Å². The van der Waals surface area contributed by atoms with Gasteiger partial charge in [-0.3, -0.25) is 14.4 Å². The second-order valence-corrected chi connectivity index (χ2v) is 7.70. The first-order valence-corrected chi connectivity index (χ1v) is 9.94. The minimum absolute atomic E-state index is 0. The Labute approximate surface area is 175 Å². The minimum atomic E-state index is -0.637. The number of likely N-dealkylation sites (tertiary alicyclic amines) is 1. The molecule has 3 aliphatic heterocycles. The van der Waals surface area contributed by atoms with E-state index in [1.165, 1.54) is 6.07 Å². The molecule has 0 radical (unpaired) electrons. The Kier molecular flexibility index (Phi) is 6.74. The smallest absolute Gasteiger partial charge is 0.256 e. The van der Waals surface area contributed by atoms with Gasteiger partial charge in [0.15, 0.2) is 0 Å². The van der Waals surface area contributed by atoms with Crippen molar-refractivity contribution in [3.63, 3.8) is 0 Å². The zero-order valence-electron chi connectivity index (χ0n) is 16.2. The number of piperidine rings is 1. The zero-order chi connectivity index (χ0) is 19.7. The molecule has 2 N–H and O–H groups in total. The summed E-state index contributed by atoms with van der Waals surface area (Å²) in [5, 5.41) is 5.87. The van der Waals surface area contributed by atoms with Crippen LogP contribution in [0.25, 0.3) is 0 Å². The summed E-state index contributed by atoms with van der Waals surface area (Å²) < 4.78 is 14.6. The van der Waals surface area contributed by atoms with Crippen LogP contribution in [0.5, 0.6) is 0 Å². The van der Waals surface area contributed by atoms with Crippen LogP contribution in [-0.4, -0.2) is 66.8 Å². The lowest BCUT2D eigenvalue weighted by molar-refractivity contribution is -0.137. The molecule has 1 aromatic carbocycles. The molecule has 1 unspecified atom stereocenters. The van der Waals surface area contributed by atoms with E-state index >= 15 is 0 Å². The van der Waals surface area contributed by atoms with Crippen LogP contribution >= 0.6 is 12.4 Å². The van der Waals surface area contributed by atoms with Crippen molar-refractivity contribution in [2.45, 2.75) is 25.7 Å². The molecule has 7 nitrogen and oxygen atoms in total. The Morgan fingerprint density at radius 2 is 1.83 bits per heavy atom. The molecule has 0 spiro atoms. The summed E-state index contributed by atoms with van der Waals surface area (Å²) >= 11 is 0. The predicted octanol–water partition coefficient (Wildman–Crippen LogP) is 1.42. The van der Waals surface area contributed by atoms with Gasteiger partial charge in [0.25, 0.3) is 5.91 Å². The highest BCUT2D eigenvalue weighted by Crippen LogP contribution is 2.28. The Balaban J connectivity index is 0.00000240. The number of nitrogens with one attached hydrogen (secondary N) is 2. The quantitative estimate of drug-likeness (QED) is 0.752. The number of nitrogens with zero attached hydrogens (tertiary/aromatic N) is 2. The first kappa shape index (κ1) is 21.5. The van der Waals surface area contributed by atoms with Crippen LogP contribution in [0.15, 0.2) is 12.1 Å². The zero-order valence-corrected chi connectivity index (χ0v) is 17.0. The maximum Gasteiger partial charge on any atom is 0.256 e. The Bertz CT molecular complexity index is 813. The van der Waals surface area contributed by atoms with Crippen molar-refractivity contribution in [3.8, 4) is 0 Å². The van der Waals surface area contributed by atoms with Crippen LogP contribution in [-0.2, 0) is 16.0 Å². The van der Waals surface area contributed by atoms with Gasteiger partial charge >= 0.3 is 0 Å². The normalized spacial score (nSPS) is 21.7. The molecule has 2 saturated heterocycles. The molecule has 29 heavy (non-hydrogen) atoms. The lowest BCUT2D eigenvalue weighted by Gasteiger charge is -2.36. The second-order valence-electron chi connectivity index (χ2n) is 7.70.